The van der Waals surface area contributed by atoms with Crippen LogP contribution in [0.3, 0.4) is 0 Å². The van der Waals surface area contributed by atoms with Gasteiger partial charge in [-0.05, 0) is 69.9 Å². The Morgan fingerprint density at radius 2 is 1.50 bits per heavy atom. The maximum atomic E-state index is 14.5. The monoisotopic (exact) mass is 786 g/mol. The second kappa shape index (κ2) is 22.1. The van der Waals surface area contributed by atoms with Crippen molar-refractivity contribution < 1.29 is 38.6 Å². The zero-order valence-corrected chi connectivity index (χ0v) is 37.0. The molecule has 0 bridgehead atoms. The number of rotatable bonds is 23. The highest BCUT2D eigenvalue weighted by atomic mass is 16.5. The third-order valence-corrected chi connectivity index (χ3v) is 12.6. The van der Waals surface area contributed by atoms with Crippen molar-refractivity contribution in [3.8, 4) is 0 Å². The summed E-state index contributed by atoms with van der Waals surface area (Å²) in [6.45, 7) is 20.2. The van der Waals surface area contributed by atoms with E-state index >= 15 is 0 Å². The molecule has 1 saturated carbocycles. The van der Waals surface area contributed by atoms with Crippen molar-refractivity contribution in [3.05, 3.63) is 35.9 Å². The maximum Gasteiger partial charge on any atom is 0.326 e. The van der Waals surface area contributed by atoms with E-state index in [0.29, 0.717) is 12.8 Å². The second-order valence-corrected chi connectivity index (χ2v) is 18.0. The van der Waals surface area contributed by atoms with E-state index in [1.807, 2.05) is 65.1 Å². The summed E-state index contributed by atoms with van der Waals surface area (Å²) >= 11 is 0. The van der Waals surface area contributed by atoms with Gasteiger partial charge in [0, 0.05) is 57.9 Å². The molecule has 2 N–H and O–H groups in total. The van der Waals surface area contributed by atoms with Gasteiger partial charge in [-0.15, -0.1) is 0 Å². The van der Waals surface area contributed by atoms with Gasteiger partial charge >= 0.3 is 5.97 Å². The molecule has 1 aliphatic carbocycles. The molecule has 0 aliphatic heterocycles. The molecule has 2 amide bonds. The molecule has 11 nitrogen and oxygen atoms in total. The van der Waals surface area contributed by atoms with Crippen molar-refractivity contribution >= 4 is 29.4 Å². The van der Waals surface area contributed by atoms with Crippen molar-refractivity contribution in [1.82, 2.24) is 15.1 Å². The Morgan fingerprint density at radius 1 is 0.893 bits per heavy atom. The van der Waals surface area contributed by atoms with Crippen molar-refractivity contribution in [3.63, 3.8) is 0 Å². The van der Waals surface area contributed by atoms with Gasteiger partial charge in [0.2, 0.25) is 11.8 Å². The molecule has 1 aromatic carbocycles. The fourth-order valence-electron chi connectivity index (χ4n) is 8.77. The van der Waals surface area contributed by atoms with Crippen molar-refractivity contribution in [2.75, 3.05) is 28.3 Å². The number of Topliss-reactive ketones (excluding diaryl/α,β-unsaturated/α-hetero) is 2. The lowest BCUT2D eigenvalue weighted by atomic mass is 9.79. The Kier molecular flexibility index (Phi) is 19.4. The maximum absolute atomic E-state index is 14.5. The minimum Gasteiger partial charge on any atom is -0.480 e. The van der Waals surface area contributed by atoms with E-state index in [0.717, 1.165) is 18.4 Å². The van der Waals surface area contributed by atoms with Crippen LogP contribution in [0.5, 0.6) is 0 Å². The van der Waals surface area contributed by atoms with E-state index in [9.17, 15) is 29.1 Å². The summed E-state index contributed by atoms with van der Waals surface area (Å²) < 4.78 is 12.0. The number of benzene rings is 1. The van der Waals surface area contributed by atoms with Gasteiger partial charge in [0.25, 0.3) is 0 Å². The van der Waals surface area contributed by atoms with Crippen LogP contribution in [0.25, 0.3) is 0 Å². The molecule has 0 radical (unpaired) electrons. The quantitative estimate of drug-likeness (QED) is 0.124. The lowest BCUT2D eigenvalue weighted by Crippen LogP contribution is -2.54. The molecule has 1 fully saturated rings. The van der Waals surface area contributed by atoms with Crippen LogP contribution in [0.1, 0.15) is 113 Å². The second-order valence-electron chi connectivity index (χ2n) is 18.0. The Hall–Kier alpha value is -3.15. The number of amides is 2. The number of hydrogen-bond donors (Lipinski definition) is 2. The topological polar surface area (TPSA) is 143 Å². The lowest BCUT2D eigenvalue weighted by Gasteiger charge is -2.42. The molecule has 0 spiro atoms. The number of carbonyl (C=O) groups is 5. The first kappa shape index (κ1) is 49.0. The molecule has 0 aromatic heterocycles. The summed E-state index contributed by atoms with van der Waals surface area (Å²) in [5, 5.41) is 12.6. The number of nitrogens with one attached hydrogen (secondary N) is 1. The fraction of sp³-hybridized carbons (Fsp3) is 0.756. The number of carbonyl (C=O) groups excluding carboxylic acids is 4. The van der Waals surface area contributed by atoms with Gasteiger partial charge in [-0.2, -0.15) is 0 Å². The van der Waals surface area contributed by atoms with Gasteiger partial charge in [-0.1, -0.05) is 91.6 Å². The van der Waals surface area contributed by atoms with Crippen LogP contribution in [0.15, 0.2) is 30.3 Å². The predicted octanol–water partition coefficient (Wildman–Crippen LogP) is 6.70. The lowest BCUT2D eigenvalue weighted by molar-refractivity contribution is -0.147. The normalized spacial score (nSPS) is 20.5. The summed E-state index contributed by atoms with van der Waals surface area (Å²) in [5.41, 5.74) is 0.571. The first-order chi connectivity index (χ1) is 26.1. The van der Waals surface area contributed by atoms with Crippen LogP contribution in [0.2, 0.25) is 0 Å². The number of ketones is 2. The highest BCUT2D eigenvalue weighted by Crippen LogP contribution is 2.40. The van der Waals surface area contributed by atoms with Crippen molar-refractivity contribution in [2.24, 2.45) is 41.4 Å². The molecule has 1 aliphatic rings. The summed E-state index contributed by atoms with van der Waals surface area (Å²) in [6.07, 6.45) is 2.02. The van der Waals surface area contributed by atoms with Crippen molar-refractivity contribution in [1.29, 1.82) is 0 Å². The third-order valence-electron chi connectivity index (χ3n) is 12.6. The number of likely N-dealkylation sites (N-methyl/N-ethyl adjacent to an activating group) is 2. The van der Waals surface area contributed by atoms with Crippen LogP contribution in [0, 0.1) is 41.4 Å². The molecule has 10 atom stereocenters. The molecular weight excluding hydrogens is 711 g/mol. The Bertz CT molecular complexity index is 1430. The summed E-state index contributed by atoms with van der Waals surface area (Å²) in [6, 6.07) is 7.29. The number of aliphatic carboxylic acids is 1. The van der Waals surface area contributed by atoms with E-state index in [2.05, 4.69) is 44.8 Å². The SMILES string of the molecule is CCC(C)C(C(CC(=O)C1CCCC1C(OC)C(C)C(=O)NC(Cc1ccccc1)C(=O)O)OC)N(C)C(=O)C(CC(=O)C(C(C)C)N(C)C(C)(C)C)C(C)C. The number of carboxylic acid groups (broad SMARTS) is 1. The van der Waals surface area contributed by atoms with E-state index < -0.39 is 48.0 Å². The van der Waals surface area contributed by atoms with E-state index in [-0.39, 0.29) is 77.9 Å². The number of methoxy groups -OCH3 is 2. The minimum absolute atomic E-state index is 0.00349. The summed E-state index contributed by atoms with van der Waals surface area (Å²) in [4.78, 5) is 72.3. The van der Waals surface area contributed by atoms with Gasteiger partial charge in [-0.3, -0.25) is 24.1 Å². The predicted molar refractivity (Wildman–Crippen MR) is 221 cm³/mol. The van der Waals surface area contributed by atoms with Gasteiger partial charge in [0.05, 0.1) is 30.2 Å². The van der Waals surface area contributed by atoms with Gasteiger partial charge in [0.1, 0.15) is 11.8 Å². The number of hydrogen-bond acceptors (Lipinski definition) is 8. The first-order valence-corrected chi connectivity index (χ1v) is 20.8. The van der Waals surface area contributed by atoms with Crippen molar-refractivity contribution in [2.45, 2.75) is 150 Å². The summed E-state index contributed by atoms with van der Waals surface area (Å²) in [7, 11) is 6.86. The van der Waals surface area contributed by atoms with Crippen LogP contribution >= 0.6 is 0 Å². The molecule has 11 heteroatoms. The molecule has 0 saturated heterocycles. The molecule has 318 valence electrons. The zero-order chi connectivity index (χ0) is 42.7. The highest BCUT2D eigenvalue weighted by molar-refractivity contribution is 5.90. The number of carboxylic acids is 1. The Labute approximate surface area is 338 Å². The van der Waals surface area contributed by atoms with Gasteiger partial charge in [0.15, 0.2) is 5.78 Å². The zero-order valence-electron chi connectivity index (χ0n) is 37.0. The first-order valence-electron chi connectivity index (χ1n) is 20.8. The molecule has 2 rings (SSSR count). The largest absolute Gasteiger partial charge is 0.480 e. The third kappa shape index (κ3) is 12.9. The summed E-state index contributed by atoms with van der Waals surface area (Å²) in [5.74, 6) is -3.55. The van der Waals surface area contributed by atoms with E-state index in [1.54, 1.807) is 26.0 Å². The molecule has 1 aromatic rings. The van der Waals surface area contributed by atoms with Crippen LogP contribution in [-0.2, 0) is 39.9 Å². The van der Waals surface area contributed by atoms with Crippen LogP contribution in [-0.4, -0.2) is 108 Å². The average molecular weight is 786 g/mol. The van der Waals surface area contributed by atoms with E-state index in [4.69, 9.17) is 9.47 Å². The Morgan fingerprint density at radius 3 is 1.98 bits per heavy atom. The fourth-order valence-corrected chi connectivity index (χ4v) is 8.77. The van der Waals surface area contributed by atoms with Crippen LogP contribution < -0.4 is 5.32 Å². The van der Waals surface area contributed by atoms with Gasteiger partial charge < -0.3 is 24.8 Å². The molecule has 0 heterocycles. The smallest absolute Gasteiger partial charge is 0.326 e. The number of nitrogens with zero attached hydrogens (tertiary/aromatic N) is 2. The molecule has 56 heavy (non-hydrogen) atoms. The molecular formula is C45H75N3O8. The molecule has 10 unspecified atom stereocenters. The number of ether oxygens (including phenoxy) is 2. The minimum atomic E-state index is -1.12. The Balaban J connectivity index is 2.30. The van der Waals surface area contributed by atoms with E-state index in [1.165, 1.54) is 7.11 Å². The standard InChI is InChI=1S/C45H75N3O8/c1-15-29(6)40(47(11)43(52)34(27(2)3)25-37(50)39(28(4)5)48(12)45(8,9)10)38(55-13)26-36(49)32-22-19-23-33(32)41(56-14)30(7)42(51)46-35(44(53)54)24-31-20-17-16-18-21-31/h16-18,20-21,27-30,32-35,38-41H,15,19,22-26H2,1-14H3,(H,46,51)(H,53,54). The average Bonchev–Trinajstić information content (AvgIpc) is 3.62. The van der Waals surface area contributed by atoms with Gasteiger partial charge in [-0.25, -0.2) is 4.79 Å². The highest BCUT2D eigenvalue weighted by Gasteiger charge is 2.45. The van der Waals surface area contributed by atoms with Crippen LogP contribution in [0.4, 0.5) is 0 Å².